The van der Waals surface area contributed by atoms with Crippen molar-refractivity contribution in [3.05, 3.63) is 6.92 Å². The molecule has 0 aromatic heterocycles. The van der Waals surface area contributed by atoms with Crippen LogP contribution in [-0.4, -0.2) is 11.7 Å². The van der Waals surface area contributed by atoms with E-state index in [1.54, 1.807) is 0 Å². The zero-order valence-corrected chi connectivity index (χ0v) is 7.02. The van der Waals surface area contributed by atoms with E-state index in [1.165, 1.54) is 19.3 Å². The SMILES string of the molecule is [CH2]CC(C)(C)OC1CCC1. The predicted molar refractivity (Wildman–Crippen MR) is 42.8 cm³/mol. The predicted octanol–water partition coefficient (Wildman–Crippen LogP) is 2.56. The highest BCUT2D eigenvalue weighted by Gasteiger charge is 2.25. The molecule has 0 saturated heterocycles. The first-order chi connectivity index (χ1) is 4.64. The van der Waals surface area contributed by atoms with Gasteiger partial charge in [0.05, 0.1) is 11.7 Å². The zero-order chi connectivity index (χ0) is 7.61. The molecule has 10 heavy (non-hydrogen) atoms. The van der Waals surface area contributed by atoms with Gasteiger partial charge in [0.1, 0.15) is 0 Å². The normalized spacial score (nSPS) is 20.7. The molecule has 1 fully saturated rings. The van der Waals surface area contributed by atoms with E-state index in [-0.39, 0.29) is 5.60 Å². The lowest BCUT2D eigenvalue weighted by Gasteiger charge is -2.34. The van der Waals surface area contributed by atoms with Gasteiger partial charge < -0.3 is 4.74 Å². The molecule has 0 atom stereocenters. The van der Waals surface area contributed by atoms with Crippen LogP contribution in [0.4, 0.5) is 0 Å². The fourth-order valence-electron chi connectivity index (χ4n) is 0.999. The summed E-state index contributed by atoms with van der Waals surface area (Å²) in [6.07, 6.45) is 5.26. The van der Waals surface area contributed by atoms with Gasteiger partial charge in [0.2, 0.25) is 0 Å². The van der Waals surface area contributed by atoms with Crippen molar-refractivity contribution in [2.75, 3.05) is 0 Å². The molecule has 1 radical (unpaired) electrons. The van der Waals surface area contributed by atoms with Crippen LogP contribution < -0.4 is 0 Å². The molecule has 0 aliphatic heterocycles. The minimum atomic E-state index is 0.00505. The zero-order valence-electron chi connectivity index (χ0n) is 7.02. The fraction of sp³-hybridized carbons (Fsp3) is 0.889. The van der Waals surface area contributed by atoms with E-state index in [4.69, 9.17) is 4.74 Å². The highest BCUT2D eigenvalue weighted by molar-refractivity contribution is 4.77. The Morgan fingerprint density at radius 1 is 1.50 bits per heavy atom. The first kappa shape index (κ1) is 8.06. The molecule has 0 bridgehead atoms. The number of rotatable bonds is 3. The maximum absolute atomic E-state index is 5.76. The average molecular weight is 141 g/mol. The molecule has 0 aromatic rings. The van der Waals surface area contributed by atoms with Gasteiger partial charge in [0.25, 0.3) is 0 Å². The van der Waals surface area contributed by atoms with E-state index in [9.17, 15) is 0 Å². The summed E-state index contributed by atoms with van der Waals surface area (Å²) in [7, 11) is 0. The Kier molecular flexibility index (Phi) is 2.35. The maximum Gasteiger partial charge on any atom is 0.0630 e. The van der Waals surface area contributed by atoms with Crippen LogP contribution >= 0.6 is 0 Å². The van der Waals surface area contributed by atoms with E-state index in [1.807, 2.05) is 0 Å². The molecule has 0 aromatic carbocycles. The molecule has 0 spiro atoms. The fourth-order valence-corrected chi connectivity index (χ4v) is 0.999. The van der Waals surface area contributed by atoms with Gasteiger partial charge in [0.15, 0.2) is 0 Å². The molecule has 0 N–H and O–H groups in total. The van der Waals surface area contributed by atoms with Crippen LogP contribution in [0, 0.1) is 6.92 Å². The van der Waals surface area contributed by atoms with Crippen molar-refractivity contribution >= 4 is 0 Å². The van der Waals surface area contributed by atoms with Crippen LogP contribution in [0.25, 0.3) is 0 Å². The van der Waals surface area contributed by atoms with Crippen LogP contribution in [0.2, 0.25) is 0 Å². The topological polar surface area (TPSA) is 9.23 Å². The molecule has 0 heterocycles. The summed E-state index contributed by atoms with van der Waals surface area (Å²) in [5, 5.41) is 0. The average Bonchev–Trinajstić information content (AvgIpc) is 1.80. The van der Waals surface area contributed by atoms with Gasteiger partial charge in [-0.25, -0.2) is 0 Å². The number of hydrogen-bond acceptors (Lipinski definition) is 1. The number of hydrogen-bond donors (Lipinski definition) is 0. The van der Waals surface area contributed by atoms with Gasteiger partial charge in [-0.1, -0.05) is 6.92 Å². The Hall–Kier alpha value is -0.0400. The van der Waals surface area contributed by atoms with Crippen molar-refractivity contribution in [1.82, 2.24) is 0 Å². The van der Waals surface area contributed by atoms with Gasteiger partial charge >= 0.3 is 0 Å². The molecular weight excluding hydrogens is 124 g/mol. The first-order valence-electron chi connectivity index (χ1n) is 4.11. The van der Waals surface area contributed by atoms with E-state index in [0.717, 1.165) is 6.42 Å². The lowest BCUT2D eigenvalue weighted by molar-refractivity contribution is -0.100. The lowest BCUT2D eigenvalue weighted by Crippen LogP contribution is -2.33. The van der Waals surface area contributed by atoms with Crippen molar-refractivity contribution in [2.24, 2.45) is 0 Å². The van der Waals surface area contributed by atoms with Gasteiger partial charge in [-0.2, -0.15) is 0 Å². The molecule has 1 heteroatoms. The minimum Gasteiger partial charge on any atom is -0.372 e. The van der Waals surface area contributed by atoms with Gasteiger partial charge in [-0.15, -0.1) is 0 Å². The van der Waals surface area contributed by atoms with Crippen molar-refractivity contribution < 1.29 is 4.74 Å². The van der Waals surface area contributed by atoms with Crippen LogP contribution in [0.3, 0.4) is 0 Å². The van der Waals surface area contributed by atoms with Gasteiger partial charge in [0, 0.05) is 0 Å². The van der Waals surface area contributed by atoms with E-state index < -0.39 is 0 Å². The third-order valence-corrected chi connectivity index (χ3v) is 2.14. The number of ether oxygens (including phenoxy) is 1. The summed E-state index contributed by atoms with van der Waals surface area (Å²) in [5.74, 6) is 0. The Morgan fingerprint density at radius 2 is 2.10 bits per heavy atom. The molecule has 1 saturated carbocycles. The molecular formula is C9H17O. The van der Waals surface area contributed by atoms with Crippen molar-refractivity contribution in [1.29, 1.82) is 0 Å². The Bertz CT molecular complexity index is 103. The van der Waals surface area contributed by atoms with Crippen LogP contribution in [0.5, 0.6) is 0 Å². The largest absolute Gasteiger partial charge is 0.372 e. The molecule has 0 amide bonds. The molecule has 1 nitrogen and oxygen atoms in total. The maximum atomic E-state index is 5.76. The Morgan fingerprint density at radius 3 is 2.40 bits per heavy atom. The third kappa shape index (κ3) is 1.98. The summed E-state index contributed by atoms with van der Waals surface area (Å²) in [6, 6.07) is 0. The molecule has 1 rings (SSSR count). The quantitative estimate of drug-likeness (QED) is 0.587. The smallest absolute Gasteiger partial charge is 0.0630 e. The second-order valence-electron chi connectivity index (χ2n) is 3.68. The molecule has 0 unspecified atom stereocenters. The summed E-state index contributed by atoms with van der Waals surface area (Å²) in [4.78, 5) is 0. The van der Waals surface area contributed by atoms with Gasteiger partial charge in [-0.3, -0.25) is 0 Å². The lowest BCUT2D eigenvalue weighted by atomic mass is 9.94. The second-order valence-corrected chi connectivity index (χ2v) is 3.68. The van der Waals surface area contributed by atoms with Crippen molar-refractivity contribution in [3.8, 4) is 0 Å². The molecule has 59 valence electrons. The van der Waals surface area contributed by atoms with Crippen molar-refractivity contribution in [2.45, 2.75) is 51.2 Å². The monoisotopic (exact) mass is 141 g/mol. The third-order valence-electron chi connectivity index (χ3n) is 2.14. The van der Waals surface area contributed by atoms with Crippen molar-refractivity contribution in [3.63, 3.8) is 0 Å². The summed E-state index contributed by atoms with van der Waals surface area (Å²) < 4.78 is 5.76. The van der Waals surface area contributed by atoms with Crippen LogP contribution in [0.1, 0.15) is 39.5 Å². The molecule has 1 aliphatic carbocycles. The minimum absolute atomic E-state index is 0.00505. The Balaban J connectivity index is 2.21. The highest BCUT2D eigenvalue weighted by atomic mass is 16.5. The molecule has 1 aliphatic rings. The van der Waals surface area contributed by atoms with E-state index in [2.05, 4.69) is 20.8 Å². The summed E-state index contributed by atoms with van der Waals surface area (Å²) in [6.45, 7) is 8.06. The van der Waals surface area contributed by atoms with Gasteiger partial charge in [-0.05, 0) is 39.5 Å². The van der Waals surface area contributed by atoms with Crippen LogP contribution in [-0.2, 0) is 4.74 Å². The van der Waals surface area contributed by atoms with Crippen LogP contribution in [0.15, 0.2) is 0 Å². The highest BCUT2D eigenvalue weighted by Crippen LogP contribution is 2.28. The summed E-state index contributed by atoms with van der Waals surface area (Å²) in [5.41, 5.74) is 0.00505. The van der Waals surface area contributed by atoms with E-state index >= 15 is 0 Å². The first-order valence-corrected chi connectivity index (χ1v) is 4.11. The standard InChI is InChI=1S/C9H17O/c1-4-9(2,3)10-8-6-5-7-8/h8H,1,4-7H2,2-3H3. The summed E-state index contributed by atoms with van der Waals surface area (Å²) >= 11 is 0. The second kappa shape index (κ2) is 2.91. The van der Waals surface area contributed by atoms with E-state index in [0.29, 0.717) is 6.10 Å². The Labute approximate surface area is 63.8 Å².